The number of halogens is 1. The zero-order valence-corrected chi connectivity index (χ0v) is 27.5. The number of pyridine rings is 1. The minimum absolute atomic E-state index is 0.00827. The van der Waals surface area contributed by atoms with Gasteiger partial charge in [-0.25, -0.2) is 4.79 Å². The number of anilines is 1. The number of rotatable bonds is 6. The lowest BCUT2D eigenvalue weighted by Gasteiger charge is -2.42. The molecule has 0 bridgehead atoms. The van der Waals surface area contributed by atoms with Crippen LogP contribution < -0.4 is 35.5 Å². The van der Waals surface area contributed by atoms with Crippen LogP contribution in [0.1, 0.15) is 46.4 Å². The van der Waals surface area contributed by atoms with Gasteiger partial charge in [0.25, 0.3) is 5.56 Å². The fourth-order valence-corrected chi connectivity index (χ4v) is 7.21. The highest BCUT2D eigenvalue weighted by molar-refractivity contribution is 6.36. The van der Waals surface area contributed by atoms with Crippen molar-refractivity contribution in [3.8, 4) is 23.0 Å². The molecule has 0 saturated carbocycles. The van der Waals surface area contributed by atoms with E-state index in [1.807, 2.05) is 18.2 Å². The van der Waals surface area contributed by atoms with Crippen molar-refractivity contribution in [3.05, 3.63) is 114 Å². The summed E-state index contributed by atoms with van der Waals surface area (Å²) in [6, 6.07) is 14.0. The van der Waals surface area contributed by atoms with Crippen LogP contribution in [0, 0.1) is 5.92 Å². The number of fused-ring (bicyclic) bond motifs is 2. The van der Waals surface area contributed by atoms with E-state index in [0.29, 0.717) is 22.7 Å². The molecule has 0 amide bonds. The van der Waals surface area contributed by atoms with Crippen LogP contribution in [0.4, 0.5) is 5.82 Å². The Balaban J connectivity index is 1.41. The Hall–Kier alpha value is -5.36. The molecule has 2 aliphatic heterocycles. The highest BCUT2D eigenvalue weighted by Gasteiger charge is 2.63. The van der Waals surface area contributed by atoms with Crippen LogP contribution in [0.15, 0.2) is 75.6 Å². The predicted octanol–water partition coefficient (Wildman–Crippen LogP) is 4.16. The van der Waals surface area contributed by atoms with Gasteiger partial charge in [-0.3, -0.25) is 28.5 Å². The number of ketones is 2. The number of hydrogen-bond donors (Lipinski definition) is 1. The lowest BCUT2D eigenvalue weighted by Crippen LogP contribution is -2.58. The van der Waals surface area contributed by atoms with Crippen molar-refractivity contribution in [2.24, 2.45) is 20.0 Å². The molecule has 4 heterocycles. The van der Waals surface area contributed by atoms with E-state index in [1.165, 1.54) is 31.9 Å². The highest BCUT2D eigenvalue weighted by atomic mass is 35.5. The Labute approximate surface area is 279 Å². The fourth-order valence-electron chi connectivity index (χ4n) is 6.95. The molecule has 1 spiro atoms. The van der Waals surface area contributed by atoms with E-state index in [9.17, 15) is 14.4 Å². The standard InChI is InChI=1S/C35H31ClN4O8/c1-17-13-21-25(30(41)35(17)31(42)26-22(45-4)15-23(46-5)28(36)29(26)48-35)24(27-32(38-21)39(2)34(44)40(3)33(27)43)18-9-8-11-20(14-18)47-16-19-10-6-7-12-37-19/h6-12,14-15,17,24,38H,13,16H2,1-5H3/t17-,24+,35+/m1/s1. The number of nitrogens with zero attached hydrogens (tertiary/aromatic N) is 3. The maximum atomic E-state index is 15.1. The number of Topliss-reactive ketones (excluding diaryl/α,β-unsaturated/α-hetero) is 2. The lowest BCUT2D eigenvalue weighted by molar-refractivity contribution is -0.130. The Bertz CT molecular complexity index is 2190. The Morgan fingerprint density at radius 1 is 1.00 bits per heavy atom. The van der Waals surface area contributed by atoms with Crippen LogP contribution >= 0.6 is 11.6 Å². The van der Waals surface area contributed by atoms with Gasteiger partial charge in [-0.2, -0.15) is 0 Å². The largest absolute Gasteiger partial charge is 0.496 e. The minimum Gasteiger partial charge on any atom is -0.496 e. The molecular weight excluding hydrogens is 640 g/mol. The molecule has 246 valence electrons. The highest BCUT2D eigenvalue weighted by Crippen LogP contribution is 2.56. The summed E-state index contributed by atoms with van der Waals surface area (Å²) in [6.07, 6.45) is 1.84. The van der Waals surface area contributed by atoms with Crippen LogP contribution in [-0.4, -0.2) is 45.5 Å². The molecular formula is C35H31ClN4O8. The molecule has 0 radical (unpaired) electrons. The summed E-state index contributed by atoms with van der Waals surface area (Å²) in [5, 5.41) is 3.25. The van der Waals surface area contributed by atoms with E-state index in [0.717, 1.165) is 4.57 Å². The van der Waals surface area contributed by atoms with E-state index < -0.39 is 40.3 Å². The first-order valence-corrected chi connectivity index (χ1v) is 15.6. The molecule has 3 atom stereocenters. The Kier molecular flexibility index (Phi) is 7.43. The van der Waals surface area contributed by atoms with Gasteiger partial charge in [-0.15, -0.1) is 0 Å². The molecule has 1 aliphatic carbocycles. The molecule has 0 saturated heterocycles. The molecule has 13 heteroatoms. The molecule has 1 N–H and O–H groups in total. The Morgan fingerprint density at radius 2 is 1.77 bits per heavy atom. The first-order valence-electron chi connectivity index (χ1n) is 15.2. The number of allylic oxidation sites excluding steroid dienone is 1. The maximum Gasteiger partial charge on any atom is 0.332 e. The average molecular weight is 671 g/mol. The number of carbonyl (C=O) groups is 2. The van der Waals surface area contributed by atoms with Crippen molar-refractivity contribution in [1.82, 2.24) is 14.1 Å². The van der Waals surface area contributed by atoms with E-state index in [2.05, 4.69) is 10.3 Å². The van der Waals surface area contributed by atoms with Gasteiger partial charge in [0, 0.05) is 49.5 Å². The molecule has 2 aromatic heterocycles. The zero-order valence-electron chi connectivity index (χ0n) is 26.8. The zero-order chi connectivity index (χ0) is 34.1. The summed E-state index contributed by atoms with van der Waals surface area (Å²) < 4.78 is 25.7. The SMILES string of the molecule is COc1cc(OC)c2c(c1Cl)O[C@@]1(C(=O)C3=C(C[C@H]1C)Nc1c(c(=O)n(C)c(=O)n1C)[C@H]3c1cccc(OCc3ccccn3)c1)C2=O. The van der Waals surface area contributed by atoms with Crippen LogP contribution in [0.3, 0.4) is 0 Å². The fraction of sp³-hybridized carbons (Fsp3) is 0.286. The number of carbonyl (C=O) groups excluding carboxylic acids is 2. The minimum atomic E-state index is -2.01. The monoisotopic (exact) mass is 670 g/mol. The second-order valence-electron chi connectivity index (χ2n) is 12.0. The van der Waals surface area contributed by atoms with Crippen molar-refractivity contribution >= 4 is 29.0 Å². The number of methoxy groups -OCH3 is 2. The van der Waals surface area contributed by atoms with E-state index >= 15 is 4.79 Å². The van der Waals surface area contributed by atoms with Crippen molar-refractivity contribution in [2.75, 3.05) is 19.5 Å². The number of benzene rings is 2. The van der Waals surface area contributed by atoms with E-state index in [4.69, 9.17) is 30.5 Å². The van der Waals surface area contributed by atoms with Crippen LogP contribution in [-0.2, 0) is 25.5 Å². The lowest BCUT2D eigenvalue weighted by atomic mass is 9.66. The average Bonchev–Trinajstić information content (AvgIpc) is 3.42. The number of ether oxygens (including phenoxy) is 4. The van der Waals surface area contributed by atoms with Crippen LogP contribution in [0.25, 0.3) is 0 Å². The first-order chi connectivity index (χ1) is 23.0. The van der Waals surface area contributed by atoms with E-state index in [1.54, 1.807) is 44.4 Å². The van der Waals surface area contributed by atoms with Gasteiger partial charge >= 0.3 is 5.69 Å². The quantitative estimate of drug-likeness (QED) is 0.298. The summed E-state index contributed by atoms with van der Waals surface area (Å²) in [5.74, 6) is -1.83. The van der Waals surface area contributed by atoms with Crippen LogP contribution in [0.2, 0.25) is 5.02 Å². The number of hydrogen-bond acceptors (Lipinski definition) is 10. The summed E-state index contributed by atoms with van der Waals surface area (Å²) in [7, 11) is 5.75. The molecule has 7 rings (SSSR count). The topological polar surface area (TPSA) is 140 Å². The van der Waals surface area contributed by atoms with Gasteiger partial charge in [0.1, 0.15) is 40.3 Å². The second kappa shape index (κ2) is 11.4. The van der Waals surface area contributed by atoms with E-state index in [-0.39, 0.29) is 57.8 Å². The van der Waals surface area contributed by atoms with Gasteiger partial charge < -0.3 is 24.3 Å². The Morgan fingerprint density at radius 3 is 2.48 bits per heavy atom. The van der Waals surface area contributed by atoms with Gasteiger partial charge in [-0.05, 0) is 36.2 Å². The van der Waals surface area contributed by atoms with Crippen molar-refractivity contribution < 1.29 is 28.5 Å². The van der Waals surface area contributed by atoms with Gasteiger partial charge in [0.15, 0.2) is 5.75 Å². The third-order valence-electron chi connectivity index (χ3n) is 9.38. The number of aromatic nitrogens is 3. The molecule has 4 aromatic rings. The van der Waals surface area contributed by atoms with Crippen molar-refractivity contribution in [1.29, 1.82) is 0 Å². The predicted molar refractivity (Wildman–Crippen MR) is 175 cm³/mol. The van der Waals surface area contributed by atoms with Gasteiger partial charge in [0.05, 0.1) is 25.5 Å². The molecule has 0 unspecified atom stereocenters. The summed E-state index contributed by atoms with van der Waals surface area (Å²) >= 11 is 6.65. The summed E-state index contributed by atoms with van der Waals surface area (Å²) in [6.45, 7) is 1.92. The molecule has 2 aromatic carbocycles. The third kappa shape index (κ3) is 4.39. The molecule has 48 heavy (non-hydrogen) atoms. The third-order valence-corrected chi connectivity index (χ3v) is 9.74. The first kappa shape index (κ1) is 31.3. The molecule has 0 fully saturated rings. The van der Waals surface area contributed by atoms with Gasteiger partial charge in [-0.1, -0.05) is 36.7 Å². The second-order valence-corrected chi connectivity index (χ2v) is 12.4. The normalized spacial score (nSPS) is 20.9. The van der Waals surface area contributed by atoms with Crippen molar-refractivity contribution in [3.63, 3.8) is 0 Å². The molecule has 12 nitrogen and oxygen atoms in total. The smallest absolute Gasteiger partial charge is 0.332 e. The van der Waals surface area contributed by atoms with Gasteiger partial charge in [0.2, 0.25) is 17.2 Å². The number of nitrogens with one attached hydrogen (secondary N) is 1. The summed E-state index contributed by atoms with van der Waals surface area (Å²) in [5.41, 5.74) is -1.04. The van der Waals surface area contributed by atoms with Crippen molar-refractivity contribution in [2.45, 2.75) is 31.5 Å². The molecule has 3 aliphatic rings. The van der Waals surface area contributed by atoms with Crippen LogP contribution in [0.5, 0.6) is 23.0 Å². The maximum absolute atomic E-state index is 15.1. The summed E-state index contributed by atoms with van der Waals surface area (Å²) in [4.78, 5) is 60.9.